The van der Waals surface area contributed by atoms with Gasteiger partial charge in [0.2, 0.25) is 5.91 Å². The van der Waals surface area contributed by atoms with Gasteiger partial charge in [-0.15, -0.1) is 0 Å². The molecule has 1 N–H and O–H groups in total. The predicted molar refractivity (Wildman–Crippen MR) is 91.6 cm³/mol. The Morgan fingerprint density at radius 2 is 1.96 bits per heavy atom. The van der Waals surface area contributed by atoms with Crippen molar-refractivity contribution in [1.82, 2.24) is 4.90 Å². The summed E-state index contributed by atoms with van der Waals surface area (Å²) in [5, 5.41) is 10.3. The van der Waals surface area contributed by atoms with Gasteiger partial charge in [-0.1, -0.05) is 30.3 Å². The molecule has 4 heteroatoms. The summed E-state index contributed by atoms with van der Waals surface area (Å²) in [4.78, 5) is 14.8. The quantitative estimate of drug-likeness (QED) is 0.924. The van der Waals surface area contributed by atoms with Crippen LogP contribution >= 0.6 is 0 Å². The van der Waals surface area contributed by atoms with Gasteiger partial charge in [-0.2, -0.15) is 0 Å². The Labute approximate surface area is 143 Å². The van der Waals surface area contributed by atoms with Crippen molar-refractivity contribution in [2.45, 2.75) is 50.7 Å². The van der Waals surface area contributed by atoms with Crippen LogP contribution in [-0.4, -0.2) is 47.8 Å². The highest BCUT2D eigenvalue weighted by Gasteiger charge is 2.57. The van der Waals surface area contributed by atoms with Crippen molar-refractivity contribution in [3.05, 3.63) is 35.9 Å². The van der Waals surface area contributed by atoms with Gasteiger partial charge in [0.05, 0.1) is 12.2 Å². The first-order chi connectivity index (χ1) is 11.7. The molecule has 0 aromatic heterocycles. The summed E-state index contributed by atoms with van der Waals surface area (Å²) in [6.45, 7) is 4.23. The molecule has 0 bridgehead atoms. The van der Waals surface area contributed by atoms with E-state index in [2.05, 4.69) is 12.1 Å². The van der Waals surface area contributed by atoms with Gasteiger partial charge >= 0.3 is 0 Å². The normalized spacial score (nSPS) is 34.0. The van der Waals surface area contributed by atoms with Crippen molar-refractivity contribution in [2.24, 2.45) is 11.3 Å². The van der Waals surface area contributed by atoms with Gasteiger partial charge in [-0.05, 0) is 37.7 Å². The number of nitrogens with zero attached hydrogens (tertiary/aromatic N) is 1. The number of aliphatic hydroxyl groups excluding tert-OH is 1. The lowest BCUT2D eigenvalue weighted by atomic mass is 9.58. The molecule has 1 amide bonds. The first-order valence-corrected chi connectivity index (χ1v) is 9.29. The van der Waals surface area contributed by atoms with Crippen LogP contribution in [-0.2, 0) is 9.53 Å². The highest BCUT2D eigenvalue weighted by Crippen LogP contribution is 2.53. The van der Waals surface area contributed by atoms with Crippen LogP contribution in [0.25, 0.3) is 0 Å². The minimum absolute atomic E-state index is 0.102. The summed E-state index contributed by atoms with van der Waals surface area (Å²) in [5.41, 5.74) is 1.19. The van der Waals surface area contributed by atoms with Crippen LogP contribution in [0.15, 0.2) is 30.3 Å². The van der Waals surface area contributed by atoms with Crippen LogP contribution in [0.3, 0.4) is 0 Å². The second-order valence-electron chi connectivity index (χ2n) is 7.61. The van der Waals surface area contributed by atoms with Gasteiger partial charge in [0.1, 0.15) is 0 Å². The zero-order valence-corrected chi connectivity index (χ0v) is 14.4. The van der Waals surface area contributed by atoms with E-state index in [4.69, 9.17) is 4.74 Å². The van der Waals surface area contributed by atoms with Gasteiger partial charge in [0.15, 0.2) is 0 Å². The van der Waals surface area contributed by atoms with Crippen LogP contribution in [0.5, 0.6) is 0 Å². The largest absolute Gasteiger partial charge is 0.392 e. The Kier molecular flexibility index (Phi) is 4.13. The summed E-state index contributed by atoms with van der Waals surface area (Å²) in [6.07, 6.45) is 3.38. The minimum atomic E-state index is -0.260. The maximum Gasteiger partial charge on any atom is 0.226 e. The van der Waals surface area contributed by atoms with E-state index in [9.17, 15) is 9.90 Å². The number of ether oxygens (including phenoxy) is 1. The molecule has 3 aliphatic rings. The molecule has 1 spiro atoms. The molecule has 1 saturated heterocycles. The molecule has 4 nitrogen and oxygen atoms in total. The molecule has 1 aliphatic heterocycles. The lowest BCUT2D eigenvalue weighted by Crippen LogP contribution is -2.62. The molecule has 2 saturated carbocycles. The topological polar surface area (TPSA) is 49.8 Å². The van der Waals surface area contributed by atoms with Gasteiger partial charge in [0.25, 0.3) is 0 Å². The molecule has 2 aliphatic carbocycles. The third-order valence-electron chi connectivity index (χ3n) is 6.45. The van der Waals surface area contributed by atoms with Gasteiger partial charge in [-0.3, -0.25) is 4.79 Å². The van der Waals surface area contributed by atoms with Gasteiger partial charge in [-0.25, -0.2) is 0 Å². The Hall–Kier alpha value is -1.39. The van der Waals surface area contributed by atoms with Crippen LogP contribution in [0.4, 0.5) is 0 Å². The fourth-order valence-electron chi connectivity index (χ4n) is 4.73. The van der Waals surface area contributed by atoms with E-state index in [1.165, 1.54) is 5.56 Å². The van der Waals surface area contributed by atoms with E-state index in [-0.39, 0.29) is 23.5 Å². The fraction of sp³-hybridized carbons (Fsp3) is 0.650. The Balaban J connectivity index is 1.34. The van der Waals surface area contributed by atoms with E-state index in [1.807, 2.05) is 30.0 Å². The molecule has 4 atom stereocenters. The van der Waals surface area contributed by atoms with Crippen molar-refractivity contribution >= 4 is 5.91 Å². The molecule has 1 aromatic carbocycles. The SMILES string of the molecule is CCOC1CC(O)C12CCN(C(=O)C1CC1c1ccccc1)CC2. The van der Waals surface area contributed by atoms with Crippen LogP contribution in [0.2, 0.25) is 0 Å². The predicted octanol–water partition coefficient (Wildman–Crippen LogP) is 2.57. The Bertz CT molecular complexity index is 592. The Morgan fingerprint density at radius 1 is 1.25 bits per heavy atom. The highest BCUT2D eigenvalue weighted by atomic mass is 16.5. The first kappa shape index (κ1) is 16.1. The summed E-state index contributed by atoms with van der Waals surface area (Å²) in [5.74, 6) is 0.871. The highest BCUT2D eigenvalue weighted by molar-refractivity contribution is 5.83. The van der Waals surface area contributed by atoms with Crippen molar-refractivity contribution in [3.8, 4) is 0 Å². The fourth-order valence-corrected chi connectivity index (χ4v) is 4.73. The van der Waals surface area contributed by atoms with Crippen LogP contribution in [0.1, 0.15) is 44.1 Å². The number of likely N-dealkylation sites (tertiary alicyclic amines) is 1. The number of carbonyl (C=O) groups excluding carboxylic acids is 1. The number of carbonyl (C=O) groups is 1. The number of amides is 1. The smallest absolute Gasteiger partial charge is 0.226 e. The third kappa shape index (κ3) is 2.56. The standard InChI is InChI=1S/C20H27NO3/c1-2-24-18-13-17(22)20(18)8-10-21(11-9-20)19(23)16-12-15(16)14-6-4-3-5-7-14/h3-7,15-18,22H,2,8-13H2,1H3. The van der Waals surface area contributed by atoms with Crippen LogP contribution < -0.4 is 0 Å². The average Bonchev–Trinajstić information content (AvgIpc) is 3.43. The average molecular weight is 329 g/mol. The molecule has 1 aromatic rings. The van der Waals surface area contributed by atoms with Crippen molar-refractivity contribution in [1.29, 1.82) is 0 Å². The monoisotopic (exact) mass is 329 g/mol. The van der Waals surface area contributed by atoms with Crippen molar-refractivity contribution < 1.29 is 14.6 Å². The maximum absolute atomic E-state index is 12.8. The second-order valence-corrected chi connectivity index (χ2v) is 7.61. The van der Waals surface area contributed by atoms with E-state index in [1.54, 1.807) is 0 Å². The van der Waals surface area contributed by atoms with Crippen molar-refractivity contribution in [3.63, 3.8) is 0 Å². The molecule has 24 heavy (non-hydrogen) atoms. The van der Waals surface area contributed by atoms with Gasteiger partial charge < -0.3 is 14.7 Å². The molecular formula is C20H27NO3. The molecular weight excluding hydrogens is 302 g/mol. The second kappa shape index (κ2) is 6.16. The van der Waals surface area contributed by atoms with E-state index in [0.29, 0.717) is 18.4 Å². The van der Waals surface area contributed by atoms with E-state index in [0.717, 1.165) is 38.8 Å². The number of piperidine rings is 1. The van der Waals surface area contributed by atoms with Gasteiger partial charge in [0, 0.05) is 37.5 Å². The number of hydrogen-bond acceptors (Lipinski definition) is 3. The molecule has 4 rings (SSSR count). The molecule has 0 radical (unpaired) electrons. The van der Waals surface area contributed by atoms with Crippen LogP contribution in [0, 0.1) is 11.3 Å². The molecule has 1 heterocycles. The van der Waals surface area contributed by atoms with E-state index >= 15 is 0 Å². The van der Waals surface area contributed by atoms with Crippen molar-refractivity contribution in [2.75, 3.05) is 19.7 Å². The maximum atomic E-state index is 12.8. The summed E-state index contributed by atoms with van der Waals surface area (Å²) in [6, 6.07) is 10.4. The van der Waals surface area contributed by atoms with E-state index < -0.39 is 0 Å². The number of aliphatic hydroxyl groups is 1. The Morgan fingerprint density at radius 3 is 2.58 bits per heavy atom. The third-order valence-corrected chi connectivity index (χ3v) is 6.45. The summed E-state index contributed by atoms with van der Waals surface area (Å²) in [7, 11) is 0. The zero-order valence-electron chi connectivity index (χ0n) is 14.4. The summed E-state index contributed by atoms with van der Waals surface area (Å²) >= 11 is 0. The first-order valence-electron chi connectivity index (χ1n) is 9.29. The molecule has 3 fully saturated rings. The number of benzene rings is 1. The number of hydrogen-bond donors (Lipinski definition) is 1. The zero-order chi connectivity index (χ0) is 16.7. The number of rotatable bonds is 4. The molecule has 4 unspecified atom stereocenters. The minimum Gasteiger partial charge on any atom is -0.392 e. The summed E-state index contributed by atoms with van der Waals surface area (Å²) < 4.78 is 5.81. The lowest BCUT2D eigenvalue weighted by Gasteiger charge is -2.56. The molecule has 130 valence electrons. The lowest BCUT2D eigenvalue weighted by molar-refractivity contribution is -0.210.